The first-order chi connectivity index (χ1) is 7.98. The standard InChI is InChI=1S/C12H16N2.C2H6O/c1-12(2,13)7-9-8-14-11-6-4-3-5-10(9)11;1-2-3/h3-6,8,14H,7,13H2,1-2H3;3H,2H2,1H3. The highest BCUT2D eigenvalue weighted by atomic mass is 16.2. The van der Waals surface area contributed by atoms with E-state index in [2.05, 4.69) is 43.2 Å². The van der Waals surface area contributed by atoms with Crippen LogP contribution in [0.5, 0.6) is 0 Å². The van der Waals surface area contributed by atoms with Crippen LogP contribution in [-0.4, -0.2) is 22.2 Å². The summed E-state index contributed by atoms with van der Waals surface area (Å²) in [5.74, 6) is 0. The van der Waals surface area contributed by atoms with Crippen LogP contribution in [0.3, 0.4) is 0 Å². The van der Waals surface area contributed by atoms with Crippen molar-refractivity contribution >= 4 is 10.9 Å². The number of aromatic nitrogens is 1. The lowest BCUT2D eigenvalue weighted by Gasteiger charge is -2.17. The quantitative estimate of drug-likeness (QED) is 0.747. The van der Waals surface area contributed by atoms with Gasteiger partial charge in [0.1, 0.15) is 0 Å². The van der Waals surface area contributed by atoms with Crippen LogP contribution in [0.4, 0.5) is 0 Å². The Kier molecular flexibility index (Phi) is 4.73. The minimum absolute atomic E-state index is 0.148. The Morgan fingerprint density at radius 1 is 1.29 bits per heavy atom. The normalized spacial score (nSPS) is 11.1. The van der Waals surface area contributed by atoms with E-state index in [1.54, 1.807) is 6.92 Å². The monoisotopic (exact) mass is 234 g/mol. The molecule has 1 aromatic heterocycles. The Morgan fingerprint density at radius 2 is 1.88 bits per heavy atom. The number of nitrogens with one attached hydrogen (secondary N) is 1. The molecule has 4 N–H and O–H groups in total. The highest BCUT2D eigenvalue weighted by molar-refractivity contribution is 5.83. The van der Waals surface area contributed by atoms with E-state index in [9.17, 15) is 0 Å². The van der Waals surface area contributed by atoms with E-state index in [1.165, 1.54) is 16.5 Å². The van der Waals surface area contributed by atoms with E-state index in [0.29, 0.717) is 0 Å². The van der Waals surface area contributed by atoms with Crippen LogP contribution in [0.25, 0.3) is 10.9 Å². The van der Waals surface area contributed by atoms with E-state index in [4.69, 9.17) is 10.8 Å². The number of hydrogen-bond donors (Lipinski definition) is 3. The predicted molar refractivity (Wildman–Crippen MR) is 73.0 cm³/mol. The van der Waals surface area contributed by atoms with Gasteiger partial charge >= 0.3 is 0 Å². The molecular formula is C14H22N2O. The number of para-hydroxylation sites is 1. The van der Waals surface area contributed by atoms with Crippen molar-refractivity contribution in [2.75, 3.05) is 6.61 Å². The van der Waals surface area contributed by atoms with Crippen molar-refractivity contribution in [1.29, 1.82) is 0 Å². The first-order valence-electron chi connectivity index (χ1n) is 5.92. The number of nitrogens with two attached hydrogens (primary N) is 1. The molecule has 0 saturated heterocycles. The summed E-state index contributed by atoms with van der Waals surface area (Å²) in [6.45, 7) is 6.03. The smallest absolute Gasteiger partial charge is 0.0456 e. The van der Waals surface area contributed by atoms with E-state index in [-0.39, 0.29) is 12.1 Å². The minimum Gasteiger partial charge on any atom is -0.397 e. The van der Waals surface area contributed by atoms with Crippen LogP contribution < -0.4 is 5.73 Å². The van der Waals surface area contributed by atoms with Crippen molar-refractivity contribution < 1.29 is 5.11 Å². The van der Waals surface area contributed by atoms with Gasteiger partial charge < -0.3 is 15.8 Å². The molecule has 3 heteroatoms. The fourth-order valence-electron chi connectivity index (χ4n) is 1.77. The third kappa shape index (κ3) is 4.21. The summed E-state index contributed by atoms with van der Waals surface area (Å²) in [4.78, 5) is 3.26. The maximum absolute atomic E-state index is 7.57. The molecule has 0 aliphatic heterocycles. The van der Waals surface area contributed by atoms with Gasteiger partial charge in [-0.25, -0.2) is 0 Å². The fraction of sp³-hybridized carbons (Fsp3) is 0.429. The van der Waals surface area contributed by atoms with Gasteiger partial charge in [0.25, 0.3) is 0 Å². The Hall–Kier alpha value is -1.32. The Bertz CT molecular complexity index is 454. The lowest BCUT2D eigenvalue weighted by molar-refractivity contribution is 0.318. The van der Waals surface area contributed by atoms with Crippen LogP contribution in [0.15, 0.2) is 30.5 Å². The molecule has 0 bridgehead atoms. The average Bonchev–Trinajstić information content (AvgIpc) is 2.61. The van der Waals surface area contributed by atoms with Crippen LogP contribution in [0.1, 0.15) is 26.3 Å². The molecule has 0 aliphatic carbocycles. The summed E-state index contributed by atoms with van der Waals surface area (Å²) >= 11 is 0. The fourth-order valence-corrected chi connectivity index (χ4v) is 1.77. The number of aromatic amines is 1. The summed E-state index contributed by atoms with van der Waals surface area (Å²) in [5.41, 5.74) is 8.34. The number of hydrogen-bond acceptors (Lipinski definition) is 2. The van der Waals surface area contributed by atoms with Crippen molar-refractivity contribution in [3.05, 3.63) is 36.0 Å². The van der Waals surface area contributed by atoms with Crippen molar-refractivity contribution in [3.8, 4) is 0 Å². The Morgan fingerprint density at radius 3 is 2.47 bits per heavy atom. The van der Waals surface area contributed by atoms with Gasteiger partial charge in [-0.3, -0.25) is 0 Å². The maximum atomic E-state index is 7.57. The van der Waals surface area contributed by atoms with Crippen LogP contribution in [-0.2, 0) is 6.42 Å². The Balaban J connectivity index is 0.000000437. The van der Waals surface area contributed by atoms with Crippen molar-refractivity contribution in [1.82, 2.24) is 4.98 Å². The van der Waals surface area contributed by atoms with Gasteiger partial charge in [-0.15, -0.1) is 0 Å². The predicted octanol–water partition coefficient (Wildman–Crippen LogP) is 2.45. The Labute approximate surface area is 103 Å². The highest BCUT2D eigenvalue weighted by Gasteiger charge is 2.14. The zero-order valence-electron chi connectivity index (χ0n) is 10.8. The first-order valence-corrected chi connectivity index (χ1v) is 5.92. The molecule has 0 saturated carbocycles. The minimum atomic E-state index is -0.148. The lowest BCUT2D eigenvalue weighted by atomic mass is 9.96. The van der Waals surface area contributed by atoms with Crippen LogP contribution in [0, 0.1) is 0 Å². The molecule has 0 amide bonds. The highest BCUT2D eigenvalue weighted by Crippen LogP contribution is 2.20. The number of fused-ring (bicyclic) bond motifs is 1. The van der Waals surface area contributed by atoms with E-state index in [1.807, 2.05) is 6.07 Å². The molecule has 17 heavy (non-hydrogen) atoms. The van der Waals surface area contributed by atoms with Crippen molar-refractivity contribution in [3.63, 3.8) is 0 Å². The summed E-state index contributed by atoms with van der Waals surface area (Å²) in [6.07, 6.45) is 2.95. The molecule has 1 aromatic carbocycles. The van der Waals surface area contributed by atoms with Gasteiger partial charge in [0, 0.05) is 29.2 Å². The molecule has 2 aromatic rings. The van der Waals surface area contributed by atoms with Crippen LogP contribution >= 0.6 is 0 Å². The number of aliphatic hydroxyl groups excluding tert-OH is 1. The summed E-state index contributed by atoms with van der Waals surface area (Å²) in [5, 5.41) is 8.85. The second kappa shape index (κ2) is 5.84. The van der Waals surface area contributed by atoms with Gasteiger partial charge in [0.05, 0.1) is 0 Å². The van der Waals surface area contributed by atoms with Gasteiger partial charge in [0.15, 0.2) is 0 Å². The third-order valence-electron chi connectivity index (χ3n) is 2.32. The summed E-state index contributed by atoms with van der Waals surface area (Å²) in [6, 6.07) is 8.31. The SMILES string of the molecule is CC(C)(N)Cc1c[nH]c2ccccc12.CCO. The van der Waals surface area contributed by atoms with Gasteiger partial charge in [0.2, 0.25) is 0 Å². The molecule has 0 spiro atoms. The molecule has 0 atom stereocenters. The van der Waals surface area contributed by atoms with E-state index >= 15 is 0 Å². The topological polar surface area (TPSA) is 62.0 Å². The van der Waals surface area contributed by atoms with E-state index < -0.39 is 0 Å². The molecule has 0 aliphatic rings. The molecule has 3 nitrogen and oxygen atoms in total. The van der Waals surface area contributed by atoms with Crippen molar-refractivity contribution in [2.24, 2.45) is 5.73 Å². The van der Waals surface area contributed by atoms with E-state index in [0.717, 1.165) is 6.42 Å². The van der Waals surface area contributed by atoms with Crippen LogP contribution in [0.2, 0.25) is 0 Å². The van der Waals surface area contributed by atoms with Gasteiger partial charge in [-0.05, 0) is 38.8 Å². The average molecular weight is 234 g/mol. The molecular weight excluding hydrogens is 212 g/mol. The number of benzene rings is 1. The molecule has 0 fully saturated rings. The first kappa shape index (κ1) is 13.7. The second-order valence-corrected chi connectivity index (χ2v) is 4.84. The zero-order chi connectivity index (χ0) is 12.9. The van der Waals surface area contributed by atoms with Gasteiger partial charge in [-0.2, -0.15) is 0 Å². The molecule has 1 heterocycles. The number of H-pyrrole nitrogens is 1. The molecule has 0 unspecified atom stereocenters. The number of aliphatic hydroxyl groups is 1. The third-order valence-corrected chi connectivity index (χ3v) is 2.32. The second-order valence-electron chi connectivity index (χ2n) is 4.84. The zero-order valence-corrected chi connectivity index (χ0v) is 10.8. The number of rotatable bonds is 2. The van der Waals surface area contributed by atoms with Crippen molar-refractivity contribution in [2.45, 2.75) is 32.7 Å². The maximum Gasteiger partial charge on any atom is 0.0456 e. The molecule has 94 valence electrons. The summed E-state index contributed by atoms with van der Waals surface area (Å²) in [7, 11) is 0. The summed E-state index contributed by atoms with van der Waals surface area (Å²) < 4.78 is 0. The largest absolute Gasteiger partial charge is 0.397 e. The lowest BCUT2D eigenvalue weighted by Crippen LogP contribution is -2.34. The van der Waals surface area contributed by atoms with Gasteiger partial charge in [-0.1, -0.05) is 18.2 Å². The molecule has 0 radical (unpaired) electrons. The molecule has 2 rings (SSSR count).